The molecule has 0 aliphatic carbocycles. The van der Waals surface area contributed by atoms with Crippen LogP contribution < -0.4 is 5.32 Å². The van der Waals surface area contributed by atoms with E-state index in [0.717, 1.165) is 0 Å². The fourth-order valence-corrected chi connectivity index (χ4v) is 1.63. The summed E-state index contributed by atoms with van der Waals surface area (Å²) in [5.41, 5.74) is -0.359. The molecular weight excluding hydrogens is 276 g/mol. The van der Waals surface area contributed by atoms with E-state index in [-0.39, 0.29) is 11.6 Å². The molecule has 0 bridgehead atoms. The first-order valence-corrected chi connectivity index (χ1v) is 6.51. The fraction of sp³-hybridized carbons (Fsp3) is 0.500. The van der Waals surface area contributed by atoms with Gasteiger partial charge in [0.2, 0.25) is 5.91 Å². The molecular formula is C14H20N2O5. The lowest BCUT2D eigenvalue weighted by molar-refractivity contribution is -0.384. The summed E-state index contributed by atoms with van der Waals surface area (Å²) in [6, 6.07) is 4.44. The van der Waals surface area contributed by atoms with Crippen molar-refractivity contribution in [3.05, 3.63) is 39.9 Å². The van der Waals surface area contributed by atoms with Crippen LogP contribution in [0.1, 0.15) is 32.4 Å². The molecule has 0 radical (unpaired) electrons. The lowest BCUT2D eigenvalue weighted by Crippen LogP contribution is -2.46. The Bertz CT molecular complexity index is 507. The van der Waals surface area contributed by atoms with E-state index in [9.17, 15) is 25.1 Å². The van der Waals surface area contributed by atoms with Gasteiger partial charge in [-0.1, -0.05) is 20.8 Å². The van der Waals surface area contributed by atoms with E-state index in [1.54, 1.807) is 20.8 Å². The van der Waals surface area contributed by atoms with Gasteiger partial charge in [-0.2, -0.15) is 0 Å². The Morgan fingerprint density at radius 1 is 1.33 bits per heavy atom. The molecule has 3 N–H and O–H groups in total. The van der Waals surface area contributed by atoms with Crippen LogP contribution in [0.25, 0.3) is 0 Å². The predicted octanol–water partition coefficient (Wildman–Crippen LogP) is 1.15. The molecule has 0 aliphatic rings. The smallest absolute Gasteiger partial charge is 0.269 e. The van der Waals surface area contributed by atoms with Crippen LogP contribution in [0, 0.1) is 15.5 Å². The van der Waals surface area contributed by atoms with Crippen LogP contribution >= 0.6 is 0 Å². The number of rotatable bonds is 5. The first-order chi connectivity index (χ1) is 9.66. The zero-order valence-electron chi connectivity index (χ0n) is 12.2. The summed E-state index contributed by atoms with van der Waals surface area (Å²) in [5, 5.41) is 32.7. The van der Waals surface area contributed by atoms with Crippen LogP contribution in [0.5, 0.6) is 0 Å². The van der Waals surface area contributed by atoms with Gasteiger partial charge in [-0.25, -0.2) is 0 Å². The summed E-state index contributed by atoms with van der Waals surface area (Å²) in [4.78, 5) is 21.9. The number of hydrogen-bond donors (Lipinski definition) is 3. The predicted molar refractivity (Wildman–Crippen MR) is 76.5 cm³/mol. The molecule has 0 heterocycles. The first kappa shape index (κ1) is 17.1. The van der Waals surface area contributed by atoms with Crippen molar-refractivity contribution in [3.63, 3.8) is 0 Å². The molecule has 116 valence electrons. The summed E-state index contributed by atoms with van der Waals surface area (Å²) in [7, 11) is 0. The quantitative estimate of drug-likeness (QED) is 0.557. The van der Waals surface area contributed by atoms with E-state index in [4.69, 9.17) is 0 Å². The van der Waals surface area contributed by atoms with Gasteiger partial charge in [-0.05, 0) is 17.7 Å². The van der Waals surface area contributed by atoms with Gasteiger partial charge < -0.3 is 15.5 Å². The Morgan fingerprint density at radius 2 is 1.86 bits per heavy atom. The normalized spacial score (nSPS) is 14.3. The molecule has 0 saturated carbocycles. The summed E-state index contributed by atoms with van der Waals surface area (Å²) in [6.07, 6.45) is -1.15. The molecule has 0 aromatic heterocycles. The van der Waals surface area contributed by atoms with Crippen molar-refractivity contribution in [2.75, 3.05) is 6.61 Å². The van der Waals surface area contributed by atoms with Crippen LogP contribution in [0.4, 0.5) is 5.69 Å². The van der Waals surface area contributed by atoms with Gasteiger partial charge in [-0.3, -0.25) is 14.9 Å². The number of amides is 1. The van der Waals surface area contributed by atoms with E-state index < -0.39 is 29.1 Å². The number of aliphatic hydroxyl groups excluding tert-OH is 2. The Balaban J connectivity index is 2.85. The largest absolute Gasteiger partial charge is 0.394 e. The molecule has 7 heteroatoms. The van der Waals surface area contributed by atoms with E-state index in [1.807, 2.05) is 0 Å². The molecule has 1 aromatic rings. The number of hydrogen-bond acceptors (Lipinski definition) is 5. The van der Waals surface area contributed by atoms with Crippen LogP contribution in [-0.2, 0) is 4.79 Å². The average molecular weight is 296 g/mol. The van der Waals surface area contributed by atoms with Gasteiger partial charge in [0.1, 0.15) is 6.10 Å². The molecule has 0 aliphatic heterocycles. The lowest BCUT2D eigenvalue weighted by atomic mass is 9.94. The van der Waals surface area contributed by atoms with Gasteiger partial charge in [0, 0.05) is 17.5 Å². The third-order valence-corrected chi connectivity index (χ3v) is 3.02. The van der Waals surface area contributed by atoms with Crippen molar-refractivity contribution >= 4 is 11.6 Å². The topological polar surface area (TPSA) is 113 Å². The molecule has 7 nitrogen and oxygen atoms in total. The maximum atomic E-state index is 11.9. The number of aliphatic hydroxyl groups is 2. The van der Waals surface area contributed by atoms with Crippen LogP contribution in [0.2, 0.25) is 0 Å². The number of benzene rings is 1. The third kappa shape index (κ3) is 4.51. The molecule has 21 heavy (non-hydrogen) atoms. The zero-order valence-corrected chi connectivity index (χ0v) is 12.2. The Morgan fingerprint density at radius 3 is 2.24 bits per heavy atom. The van der Waals surface area contributed by atoms with Gasteiger partial charge in [0.25, 0.3) is 5.69 Å². The van der Waals surface area contributed by atoms with Crippen molar-refractivity contribution < 1.29 is 19.9 Å². The monoisotopic (exact) mass is 296 g/mol. The zero-order chi connectivity index (χ0) is 16.2. The number of non-ortho nitro benzene ring substituents is 1. The highest BCUT2D eigenvalue weighted by Crippen LogP contribution is 2.21. The van der Waals surface area contributed by atoms with Crippen LogP contribution in [0.15, 0.2) is 24.3 Å². The Labute approximate surface area is 122 Å². The second kappa shape index (κ2) is 6.64. The summed E-state index contributed by atoms with van der Waals surface area (Å²) >= 11 is 0. The number of nitro benzene ring substituents is 1. The van der Waals surface area contributed by atoms with E-state index in [0.29, 0.717) is 5.56 Å². The summed E-state index contributed by atoms with van der Waals surface area (Å²) in [6.45, 7) is 4.71. The first-order valence-electron chi connectivity index (χ1n) is 6.51. The minimum Gasteiger partial charge on any atom is -0.394 e. The molecule has 1 rings (SSSR count). The second-order valence-electron chi connectivity index (χ2n) is 5.81. The van der Waals surface area contributed by atoms with Crippen molar-refractivity contribution in [1.29, 1.82) is 0 Å². The van der Waals surface area contributed by atoms with Crippen LogP contribution in [-0.4, -0.2) is 33.7 Å². The highest BCUT2D eigenvalue weighted by Gasteiger charge is 2.28. The van der Waals surface area contributed by atoms with Crippen molar-refractivity contribution in [1.82, 2.24) is 5.32 Å². The van der Waals surface area contributed by atoms with E-state index in [2.05, 4.69) is 5.32 Å². The molecule has 1 aromatic carbocycles. The van der Waals surface area contributed by atoms with Crippen molar-refractivity contribution in [2.24, 2.45) is 5.41 Å². The Kier molecular flexibility index (Phi) is 5.40. The molecule has 0 saturated heterocycles. The average Bonchev–Trinajstić information content (AvgIpc) is 2.42. The standard InChI is InChI=1S/C14H20N2O5/c1-14(2,3)13(19)15-11(8-17)12(18)9-4-6-10(7-5-9)16(20)21/h4-7,11-12,17-18H,8H2,1-3H3,(H,15,19)/t11-,12-/m1/s1. The summed E-state index contributed by atoms with van der Waals surface area (Å²) < 4.78 is 0. The molecule has 0 fully saturated rings. The molecule has 1 amide bonds. The minimum absolute atomic E-state index is 0.0924. The third-order valence-electron chi connectivity index (χ3n) is 3.02. The number of nitro groups is 1. The van der Waals surface area contributed by atoms with Crippen molar-refractivity contribution in [3.8, 4) is 0 Å². The minimum atomic E-state index is -1.15. The maximum Gasteiger partial charge on any atom is 0.269 e. The van der Waals surface area contributed by atoms with Gasteiger partial charge in [0.05, 0.1) is 17.6 Å². The molecule has 0 unspecified atom stereocenters. The maximum absolute atomic E-state index is 11.9. The highest BCUT2D eigenvalue weighted by atomic mass is 16.6. The number of carbonyl (C=O) groups excluding carboxylic acids is 1. The molecule has 0 spiro atoms. The molecule has 2 atom stereocenters. The highest BCUT2D eigenvalue weighted by molar-refractivity contribution is 5.81. The lowest BCUT2D eigenvalue weighted by Gasteiger charge is -2.26. The summed E-state index contributed by atoms with van der Waals surface area (Å²) in [5.74, 6) is -0.303. The fourth-order valence-electron chi connectivity index (χ4n) is 1.63. The van der Waals surface area contributed by atoms with Gasteiger partial charge in [0.15, 0.2) is 0 Å². The van der Waals surface area contributed by atoms with Crippen molar-refractivity contribution in [2.45, 2.75) is 32.9 Å². The second-order valence-corrected chi connectivity index (χ2v) is 5.81. The van der Waals surface area contributed by atoms with Gasteiger partial charge >= 0.3 is 0 Å². The van der Waals surface area contributed by atoms with Gasteiger partial charge in [-0.15, -0.1) is 0 Å². The van der Waals surface area contributed by atoms with E-state index >= 15 is 0 Å². The SMILES string of the molecule is CC(C)(C)C(=O)N[C@H](CO)[C@H](O)c1ccc([N+](=O)[O-])cc1. The Hall–Kier alpha value is -1.99. The number of nitrogens with zero attached hydrogens (tertiary/aromatic N) is 1. The van der Waals surface area contributed by atoms with Crippen LogP contribution in [0.3, 0.4) is 0 Å². The van der Waals surface area contributed by atoms with E-state index in [1.165, 1.54) is 24.3 Å². The number of carbonyl (C=O) groups is 1. The number of nitrogens with one attached hydrogen (secondary N) is 1.